The molecule has 0 aliphatic carbocycles. The molecular weight excluding hydrogens is 897 g/mol. The maximum atomic E-state index is 6.18. The van der Waals surface area contributed by atoms with Crippen molar-refractivity contribution in [1.29, 1.82) is 0 Å². The first kappa shape index (κ1) is 41.9. The second kappa shape index (κ2) is 17.4. The van der Waals surface area contributed by atoms with Crippen LogP contribution in [0.25, 0.3) is 140 Å². The first-order valence-corrected chi connectivity index (χ1v) is 24.2. The summed E-state index contributed by atoms with van der Waals surface area (Å²) >= 11 is 0. The molecule has 0 unspecified atom stereocenters. The maximum Gasteiger partial charge on any atom is 0.238 e. The van der Waals surface area contributed by atoms with E-state index in [2.05, 4.69) is 174 Å². The second-order valence-corrected chi connectivity index (χ2v) is 18.1. The summed E-state index contributed by atoms with van der Waals surface area (Å²) in [5.41, 5.74) is 17.6. The van der Waals surface area contributed by atoms with Crippen LogP contribution in [0.15, 0.2) is 251 Å². The Bertz CT molecular complexity index is 4060. The normalized spacial score (nSPS) is 11.6. The van der Waals surface area contributed by atoms with Crippen LogP contribution < -0.4 is 0 Å². The molecule has 4 heterocycles. The summed E-state index contributed by atoms with van der Waals surface area (Å²) in [4.78, 5) is 25.0. The monoisotopic (exact) mass is 936 g/mol. The van der Waals surface area contributed by atoms with Crippen LogP contribution >= 0.6 is 0 Å². The highest BCUT2D eigenvalue weighted by Gasteiger charge is 2.19. The van der Waals surface area contributed by atoms with E-state index in [1.54, 1.807) is 0 Å². The largest absolute Gasteiger partial charge is 0.436 e. The molecule has 0 atom stereocenters. The van der Waals surface area contributed by atoms with Crippen molar-refractivity contribution in [2.24, 2.45) is 0 Å². The third-order valence-electron chi connectivity index (χ3n) is 13.6. The van der Waals surface area contributed by atoms with Crippen molar-refractivity contribution in [3.8, 4) is 96.1 Å². The Hall–Kier alpha value is -10.1. The van der Waals surface area contributed by atoms with E-state index in [1.807, 2.05) is 72.8 Å². The van der Waals surface area contributed by atoms with Gasteiger partial charge in [-0.3, -0.25) is 4.57 Å². The van der Waals surface area contributed by atoms with Crippen LogP contribution in [-0.2, 0) is 0 Å². The van der Waals surface area contributed by atoms with Gasteiger partial charge in [-0.2, -0.15) is 9.97 Å². The SMILES string of the molecule is c1ccc(-c2nc3ccc(-c4ccc(-c5ccc(-c6nc(-c7ccc(-c8ccc(-c9ccc%10nc(-c%11ccccc%11)oc%10c9)cc8)cc7)nc(-n7c8ccccc8c8ccccc87)n6)cc5)cc4)cc3o2)cc1. The molecule has 0 fully saturated rings. The highest BCUT2D eigenvalue weighted by Crippen LogP contribution is 2.36. The van der Waals surface area contributed by atoms with Crippen LogP contribution in [-0.4, -0.2) is 29.5 Å². The minimum absolute atomic E-state index is 0.552. The lowest BCUT2D eigenvalue weighted by Gasteiger charge is -2.12. The van der Waals surface area contributed by atoms with Crippen molar-refractivity contribution in [1.82, 2.24) is 29.5 Å². The van der Waals surface area contributed by atoms with E-state index in [0.717, 1.165) is 111 Å². The summed E-state index contributed by atoms with van der Waals surface area (Å²) < 4.78 is 14.5. The molecule has 0 radical (unpaired) electrons. The number of nitrogens with zero attached hydrogens (tertiary/aromatic N) is 6. The molecule has 8 nitrogen and oxygen atoms in total. The zero-order chi connectivity index (χ0) is 48.2. The summed E-state index contributed by atoms with van der Waals surface area (Å²) in [6, 6.07) is 83.3. The van der Waals surface area contributed by atoms with Gasteiger partial charge in [-0.05, 0) is 105 Å². The lowest BCUT2D eigenvalue weighted by Crippen LogP contribution is -2.06. The van der Waals surface area contributed by atoms with Gasteiger partial charge in [0, 0.05) is 33.0 Å². The van der Waals surface area contributed by atoms with Crippen LogP contribution in [0.1, 0.15) is 0 Å². The Morgan fingerprint density at radius 2 is 0.589 bits per heavy atom. The molecule has 0 aliphatic heterocycles. The van der Waals surface area contributed by atoms with E-state index >= 15 is 0 Å². The smallest absolute Gasteiger partial charge is 0.238 e. The maximum absolute atomic E-state index is 6.18. The number of hydrogen-bond acceptors (Lipinski definition) is 7. The Kier molecular flexibility index (Phi) is 9.99. The molecule has 73 heavy (non-hydrogen) atoms. The number of fused-ring (bicyclic) bond motifs is 5. The van der Waals surface area contributed by atoms with Crippen LogP contribution in [0.5, 0.6) is 0 Å². The van der Waals surface area contributed by atoms with E-state index in [0.29, 0.717) is 29.4 Å². The third-order valence-corrected chi connectivity index (χ3v) is 13.6. The molecule has 4 aromatic heterocycles. The van der Waals surface area contributed by atoms with Gasteiger partial charge in [0.15, 0.2) is 22.8 Å². The average Bonchev–Trinajstić information content (AvgIpc) is 4.20. The van der Waals surface area contributed by atoms with Gasteiger partial charge in [0.1, 0.15) is 11.0 Å². The topological polar surface area (TPSA) is 95.7 Å². The summed E-state index contributed by atoms with van der Waals surface area (Å²) in [7, 11) is 0. The molecule has 8 heteroatoms. The van der Waals surface area contributed by atoms with Gasteiger partial charge >= 0.3 is 0 Å². The molecular formula is C65H40N6O2. The average molecular weight is 937 g/mol. The van der Waals surface area contributed by atoms with Gasteiger partial charge in [-0.1, -0.05) is 182 Å². The van der Waals surface area contributed by atoms with Crippen LogP contribution in [0.4, 0.5) is 0 Å². The van der Waals surface area contributed by atoms with Gasteiger partial charge < -0.3 is 8.83 Å². The van der Waals surface area contributed by atoms with Gasteiger partial charge in [0.25, 0.3) is 0 Å². The fourth-order valence-electron chi connectivity index (χ4n) is 9.81. The van der Waals surface area contributed by atoms with Crippen molar-refractivity contribution >= 4 is 44.0 Å². The summed E-state index contributed by atoms with van der Waals surface area (Å²) in [6.07, 6.45) is 0. The summed E-state index contributed by atoms with van der Waals surface area (Å²) in [5, 5.41) is 2.28. The first-order chi connectivity index (χ1) is 36.1. The fraction of sp³-hybridized carbons (Fsp3) is 0. The van der Waals surface area contributed by atoms with Crippen LogP contribution in [0, 0.1) is 0 Å². The zero-order valence-corrected chi connectivity index (χ0v) is 39.1. The predicted octanol–water partition coefficient (Wildman–Crippen LogP) is 16.6. The van der Waals surface area contributed by atoms with E-state index in [1.165, 1.54) is 0 Å². The number of rotatable bonds is 9. The first-order valence-electron chi connectivity index (χ1n) is 24.2. The molecule has 0 aliphatic rings. The Labute approximate surface area is 419 Å². The predicted molar refractivity (Wildman–Crippen MR) is 293 cm³/mol. The lowest BCUT2D eigenvalue weighted by molar-refractivity contribution is 0.619. The van der Waals surface area contributed by atoms with E-state index in [9.17, 15) is 0 Å². The van der Waals surface area contributed by atoms with E-state index < -0.39 is 0 Å². The number of hydrogen-bond donors (Lipinski definition) is 0. The highest BCUT2D eigenvalue weighted by molar-refractivity contribution is 6.09. The van der Waals surface area contributed by atoms with E-state index in [-0.39, 0.29) is 0 Å². The summed E-state index contributed by atoms with van der Waals surface area (Å²) in [6.45, 7) is 0. The molecule has 10 aromatic carbocycles. The molecule has 0 saturated carbocycles. The number of para-hydroxylation sites is 2. The fourth-order valence-corrected chi connectivity index (χ4v) is 9.81. The quantitative estimate of drug-likeness (QED) is 0.142. The molecule has 0 saturated heterocycles. The standard InChI is InChI=1S/C65H40N6O2/c1-3-11-49(12-4-1)63-66-55-37-35-51(39-59(55)72-63)45-23-19-41(20-24-45)43-27-31-47(32-28-43)61-68-62(70-65(69-61)71-57-17-9-7-15-53(57)54-16-8-10-18-58(54)71)48-33-29-44(30-34-48)42-21-25-46(26-22-42)52-36-38-56-60(40-52)73-64(67-56)50-13-5-2-6-14-50/h1-40H. The number of oxazole rings is 2. The Morgan fingerprint density at radius 3 is 0.986 bits per heavy atom. The Morgan fingerprint density at radius 1 is 0.260 bits per heavy atom. The molecule has 0 amide bonds. The van der Waals surface area contributed by atoms with Gasteiger partial charge in [0.2, 0.25) is 17.7 Å². The highest BCUT2D eigenvalue weighted by atomic mass is 16.4. The number of aromatic nitrogens is 6. The summed E-state index contributed by atoms with van der Waals surface area (Å²) in [5.74, 6) is 2.96. The van der Waals surface area contributed by atoms with E-state index in [4.69, 9.17) is 33.8 Å². The third kappa shape index (κ3) is 7.71. The zero-order valence-electron chi connectivity index (χ0n) is 39.1. The molecule has 0 spiro atoms. The van der Waals surface area contributed by atoms with Gasteiger partial charge in [-0.15, -0.1) is 0 Å². The van der Waals surface area contributed by atoms with Gasteiger partial charge in [-0.25, -0.2) is 15.0 Å². The van der Waals surface area contributed by atoms with Crippen LogP contribution in [0.3, 0.4) is 0 Å². The Balaban J connectivity index is 0.767. The van der Waals surface area contributed by atoms with Crippen molar-refractivity contribution in [3.63, 3.8) is 0 Å². The van der Waals surface area contributed by atoms with Crippen LogP contribution in [0.2, 0.25) is 0 Å². The molecule has 342 valence electrons. The van der Waals surface area contributed by atoms with Crippen molar-refractivity contribution in [3.05, 3.63) is 243 Å². The molecule has 0 bridgehead atoms. The molecule has 0 N–H and O–H groups in total. The van der Waals surface area contributed by atoms with Crippen molar-refractivity contribution in [2.75, 3.05) is 0 Å². The molecule has 14 aromatic rings. The van der Waals surface area contributed by atoms with Crippen molar-refractivity contribution in [2.45, 2.75) is 0 Å². The molecule has 14 rings (SSSR count). The minimum atomic E-state index is 0.552. The van der Waals surface area contributed by atoms with Crippen molar-refractivity contribution < 1.29 is 8.83 Å². The second-order valence-electron chi connectivity index (χ2n) is 18.1. The van der Waals surface area contributed by atoms with Gasteiger partial charge in [0.05, 0.1) is 11.0 Å². The lowest BCUT2D eigenvalue weighted by atomic mass is 9.99. The minimum Gasteiger partial charge on any atom is -0.436 e. The number of benzene rings is 10.